The number of nitrogens with two attached hydrogens (primary N) is 1. The van der Waals surface area contributed by atoms with E-state index < -0.39 is 23.6 Å². The van der Waals surface area contributed by atoms with Crippen LogP contribution in [0.5, 0.6) is 0 Å². The highest BCUT2D eigenvalue weighted by atomic mass is 19.1. The molecule has 24 heavy (non-hydrogen) atoms. The maximum atomic E-state index is 13.8. The molecule has 0 saturated carbocycles. The first-order chi connectivity index (χ1) is 11.5. The quantitative estimate of drug-likeness (QED) is 0.852. The van der Waals surface area contributed by atoms with Gasteiger partial charge in [0.2, 0.25) is 5.89 Å². The van der Waals surface area contributed by atoms with Crippen LogP contribution < -0.4 is 5.73 Å². The Bertz CT molecular complexity index is 752. The Labute approximate surface area is 136 Å². The molecule has 1 aromatic carbocycles. The van der Waals surface area contributed by atoms with Gasteiger partial charge in [0.15, 0.2) is 0 Å². The van der Waals surface area contributed by atoms with E-state index in [1.165, 1.54) is 6.07 Å². The molecule has 3 N–H and O–H groups in total. The Balaban J connectivity index is 1.74. The molecule has 9 heteroatoms. The second kappa shape index (κ2) is 6.62. The number of carbonyl (C=O) groups is 1. The normalized spacial score (nSPS) is 19.5. The molecule has 0 radical (unpaired) electrons. The van der Waals surface area contributed by atoms with Gasteiger partial charge in [0.25, 0.3) is 11.7 Å². The van der Waals surface area contributed by atoms with E-state index >= 15 is 0 Å². The molecular formula is C15H16F2N4O3. The SMILES string of the molecule is NC(=O)c1noc([C@@H]2CCCN2C[C@H](O)c2ccc(F)cc2F)n1. The number of benzene rings is 1. The van der Waals surface area contributed by atoms with Crippen molar-refractivity contribution in [2.75, 3.05) is 13.1 Å². The summed E-state index contributed by atoms with van der Waals surface area (Å²) < 4.78 is 31.8. The lowest BCUT2D eigenvalue weighted by atomic mass is 10.1. The summed E-state index contributed by atoms with van der Waals surface area (Å²) in [5, 5.41) is 13.8. The third-order valence-corrected chi connectivity index (χ3v) is 4.04. The van der Waals surface area contributed by atoms with Gasteiger partial charge in [-0.25, -0.2) is 8.78 Å². The van der Waals surface area contributed by atoms with Crippen LogP contribution in [-0.4, -0.2) is 39.1 Å². The molecule has 0 spiro atoms. The van der Waals surface area contributed by atoms with Gasteiger partial charge in [-0.15, -0.1) is 0 Å². The lowest BCUT2D eigenvalue weighted by Gasteiger charge is -2.24. The van der Waals surface area contributed by atoms with Crippen LogP contribution in [0.3, 0.4) is 0 Å². The minimum atomic E-state index is -1.13. The van der Waals surface area contributed by atoms with Crippen molar-refractivity contribution in [3.8, 4) is 0 Å². The molecule has 1 fully saturated rings. The second-order valence-corrected chi connectivity index (χ2v) is 5.66. The Kier molecular flexibility index (Phi) is 4.54. The van der Waals surface area contributed by atoms with Crippen LogP contribution in [-0.2, 0) is 0 Å². The van der Waals surface area contributed by atoms with Crippen LogP contribution in [0.2, 0.25) is 0 Å². The van der Waals surface area contributed by atoms with Crippen LogP contribution >= 0.6 is 0 Å². The number of rotatable bonds is 5. The van der Waals surface area contributed by atoms with Gasteiger partial charge in [-0.2, -0.15) is 4.98 Å². The maximum absolute atomic E-state index is 13.8. The summed E-state index contributed by atoms with van der Waals surface area (Å²) in [6.07, 6.45) is 0.376. The van der Waals surface area contributed by atoms with Crippen molar-refractivity contribution in [2.24, 2.45) is 5.73 Å². The number of primary amides is 1. The van der Waals surface area contributed by atoms with E-state index in [1.807, 2.05) is 4.90 Å². The zero-order valence-corrected chi connectivity index (χ0v) is 12.7. The molecular weight excluding hydrogens is 322 g/mol. The van der Waals surface area contributed by atoms with E-state index in [0.717, 1.165) is 18.6 Å². The van der Waals surface area contributed by atoms with E-state index in [-0.39, 0.29) is 29.9 Å². The fourth-order valence-corrected chi connectivity index (χ4v) is 2.89. The molecule has 2 heterocycles. The summed E-state index contributed by atoms with van der Waals surface area (Å²) in [7, 11) is 0. The number of nitrogens with zero attached hydrogens (tertiary/aromatic N) is 3. The lowest BCUT2D eigenvalue weighted by molar-refractivity contribution is 0.0942. The van der Waals surface area contributed by atoms with Gasteiger partial charge in [0, 0.05) is 18.2 Å². The van der Waals surface area contributed by atoms with Crippen molar-refractivity contribution in [1.82, 2.24) is 15.0 Å². The number of aliphatic hydroxyl groups is 1. The molecule has 2 aromatic rings. The molecule has 128 valence electrons. The maximum Gasteiger partial charge on any atom is 0.290 e. The van der Waals surface area contributed by atoms with Gasteiger partial charge < -0.3 is 15.4 Å². The summed E-state index contributed by atoms with van der Waals surface area (Å²) in [4.78, 5) is 16.9. The minimum Gasteiger partial charge on any atom is -0.387 e. The average molecular weight is 338 g/mol. The molecule has 1 aromatic heterocycles. The summed E-state index contributed by atoms with van der Waals surface area (Å²) in [6, 6.07) is 2.76. The highest BCUT2D eigenvalue weighted by Crippen LogP contribution is 2.32. The standard InChI is InChI=1S/C15H16F2N4O3/c16-8-3-4-9(10(17)6-8)12(22)7-21-5-1-2-11(21)15-19-14(13(18)23)20-24-15/h3-4,6,11-12,22H,1-2,5,7H2,(H2,18,23)/t11-,12-/m0/s1. The summed E-state index contributed by atoms with van der Waals surface area (Å²) in [5.74, 6) is -2.27. The third-order valence-electron chi connectivity index (χ3n) is 4.04. The van der Waals surface area contributed by atoms with Crippen molar-refractivity contribution >= 4 is 5.91 Å². The van der Waals surface area contributed by atoms with E-state index in [9.17, 15) is 18.7 Å². The van der Waals surface area contributed by atoms with Crippen molar-refractivity contribution in [1.29, 1.82) is 0 Å². The Morgan fingerprint density at radius 1 is 1.50 bits per heavy atom. The van der Waals surface area contributed by atoms with E-state index in [1.54, 1.807) is 0 Å². The topological polar surface area (TPSA) is 105 Å². The number of amides is 1. The lowest BCUT2D eigenvalue weighted by Crippen LogP contribution is -2.29. The molecule has 1 aliphatic heterocycles. The number of aliphatic hydroxyl groups excluding tert-OH is 1. The van der Waals surface area contributed by atoms with Crippen LogP contribution in [0.15, 0.2) is 22.7 Å². The number of hydrogen-bond donors (Lipinski definition) is 2. The average Bonchev–Trinajstić information content (AvgIpc) is 3.15. The molecule has 1 aliphatic rings. The molecule has 0 aliphatic carbocycles. The van der Waals surface area contributed by atoms with E-state index in [2.05, 4.69) is 10.1 Å². The van der Waals surface area contributed by atoms with Crippen LogP contribution in [0.25, 0.3) is 0 Å². The second-order valence-electron chi connectivity index (χ2n) is 5.66. The fourth-order valence-electron chi connectivity index (χ4n) is 2.89. The predicted octanol–water partition coefficient (Wildman–Crippen LogP) is 1.32. The molecule has 3 rings (SSSR count). The first-order valence-electron chi connectivity index (χ1n) is 7.46. The first kappa shape index (κ1) is 16.5. The number of hydrogen-bond acceptors (Lipinski definition) is 6. The molecule has 2 atom stereocenters. The van der Waals surface area contributed by atoms with Gasteiger partial charge in [-0.3, -0.25) is 9.69 Å². The molecule has 0 unspecified atom stereocenters. The number of halogens is 2. The number of β-amino-alcohol motifs (C(OH)–C–C–N with tert-alkyl or cyclic N) is 1. The van der Waals surface area contributed by atoms with Gasteiger partial charge in [0.1, 0.15) is 11.6 Å². The van der Waals surface area contributed by atoms with Crippen LogP contribution in [0, 0.1) is 11.6 Å². The monoisotopic (exact) mass is 338 g/mol. The van der Waals surface area contributed by atoms with Crippen LogP contribution in [0.4, 0.5) is 8.78 Å². The van der Waals surface area contributed by atoms with Crippen molar-refractivity contribution in [3.05, 3.63) is 47.1 Å². The predicted molar refractivity (Wildman–Crippen MR) is 77.7 cm³/mol. The Morgan fingerprint density at radius 2 is 2.29 bits per heavy atom. The Hall–Kier alpha value is -2.39. The summed E-state index contributed by atoms with van der Waals surface area (Å²) in [5.41, 5.74) is 5.12. The fraction of sp³-hybridized carbons (Fsp3) is 0.400. The highest BCUT2D eigenvalue weighted by molar-refractivity contribution is 5.88. The molecule has 0 bridgehead atoms. The van der Waals surface area contributed by atoms with E-state index in [0.29, 0.717) is 13.0 Å². The van der Waals surface area contributed by atoms with Crippen molar-refractivity contribution in [2.45, 2.75) is 25.0 Å². The zero-order chi connectivity index (χ0) is 17.3. The first-order valence-corrected chi connectivity index (χ1v) is 7.46. The van der Waals surface area contributed by atoms with Gasteiger partial charge >= 0.3 is 0 Å². The van der Waals surface area contributed by atoms with Crippen molar-refractivity contribution in [3.63, 3.8) is 0 Å². The van der Waals surface area contributed by atoms with E-state index in [4.69, 9.17) is 10.3 Å². The van der Waals surface area contributed by atoms with Crippen LogP contribution in [0.1, 0.15) is 47.1 Å². The molecule has 1 saturated heterocycles. The van der Waals surface area contributed by atoms with Gasteiger partial charge in [-0.05, 0) is 25.5 Å². The largest absolute Gasteiger partial charge is 0.387 e. The zero-order valence-electron chi connectivity index (χ0n) is 12.7. The minimum absolute atomic E-state index is 0.0189. The van der Waals surface area contributed by atoms with Crippen molar-refractivity contribution < 1.29 is 23.2 Å². The Morgan fingerprint density at radius 3 is 2.96 bits per heavy atom. The number of likely N-dealkylation sites (tertiary alicyclic amines) is 1. The molecule has 1 amide bonds. The number of aromatic nitrogens is 2. The van der Waals surface area contributed by atoms with Gasteiger partial charge in [0.05, 0.1) is 12.1 Å². The summed E-state index contributed by atoms with van der Waals surface area (Å²) in [6.45, 7) is 0.750. The summed E-state index contributed by atoms with van der Waals surface area (Å²) >= 11 is 0. The highest BCUT2D eigenvalue weighted by Gasteiger charge is 2.33. The third kappa shape index (κ3) is 3.26. The smallest absolute Gasteiger partial charge is 0.290 e. The number of carbonyl (C=O) groups excluding carboxylic acids is 1. The molecule has 7 nitrogen and oxygen atoms in total. The van der Waals surface area contributed by atoms with Gasteiger partial charge in [-0.1, -0.05) is 11.2 Å².